The van der Waals surface area contributed by atoms with Gasteiger partial charge in [-0.05, 0) is 80.5 Å². The van der Waals surface area contributed by atoms with E-state index in [1.165, 1.54) is 18.4 Å². The Hall–Kier alpha value is -3.54. The maximum atomic E-state index is 13.2. The molecule has 1 aliphatic carbocycles. The molecular formula is C29H33N5O. The second-order valence-electron chi connectivity index (χ2n) is 9.70. The summed E-state index contributed by atoms with van der Waals surface area (Å²) >= 11 is 0. The molecule has 1 N–H and O–H groups in total. The van der Waals surface area contributed by atoms with Crippen LogP contribution in [0.3, 0.4) is 0 Å². The number of carbonyl (C=O) groups excluding carboxylic acids is 1. The lowest BCUT2D eigenvalue weighted by atomic mass is 9.85. The zero-order chi connectivity index (χ0) is 24.0. The molecule has 1 fully saturated rings. The van der Waals surface area contributed by atoms with E-state index in [9.17, 15) is 4.79 Å². The number of nitrogens with zero attached hydrogens (tertiary/aromatic N) is 4. The van der Waals surface area contributed by atoms with Gasteiger partial charge in [0.25, 0.3) is 0 Å². The van der Waals surface area contributed by atoms with Crippen molar-refractivity contribution in [1.82, 2.24) is 19.5 Å². The Kier molecular flexibility index (Phi) is 7.17. The van der Waals surface area contributed by atoms with E-state index in [1.54, 1.807) is 6.20 Å². The maximum absolute atomic E-state index is 13.2. The van der Waals surface area contributed by atoms with Crippen molar-refractivity contribution in [2.24, 2.45) is 11.8 Å². The van der Waals surface area contributed by atoms with Crippen molar-refractivity contribution in [2.75, 3.05) is 5.32 Å². The summed E-state index contributed by atoms with van der Waals surface area (Å²) in [4.78, 5) is 26.4. The van der Waals surface area contributed by atoms with Gasteiger partial charge in [-0.15, -0.1) is 0 Å². The van der Waals surface area contributed by atoms with Crippen LogP contribution in [0.4, 0.5) is 5.82 Å². The van der Waals surface area contributed by atoms with Crippen LogP contribution in [0, 0.1) is 11.8 Å². The van der Waals surface area contributed by atoms with Gasteiger partial charge in [0, 0.05) is 53.9 Å². The van der Waals surface area contributed by atoms with Crippen LogP contribution < -0.4 is 5.32 Å². The highest BCUT2D eigenvalue weighted by molar-refractivity contribution is 5.94. The van der Waals surface area contributed by atoms with E-state index >= 15 is 0 Å². The molecule has 0 saturated heterocycles. The van der Waals surface area contributed by atoms with Gasteiger partial charge in [-0.2, -0.15) is 0 Å². The number of anilines is 1. The quantitative estimate of drug-likeness (QED) is 0.298. The first kappa shape index (κ1) is 23.2. The highest BCUT2D eigenvalue weighted by Gasteiger charge is 2.30. The first-order valence-corrected chi connectivity index (χ1v) is 12.8. The number of hydrogen-bond donors (Lipinski definition) is 1. The van der Waals surface area contributed by atoms with Crippen LogP contribution in [0.25, 0.3) is 22.2 Å². The third-order valence-corrected chi connectivity index (χ3v) is 7.41. The smallest absolute Gasteiger partial charge is 0.228 e. The summed E-state index contributed by atoms with van der Waals surface area (Å²) < 4.78 is 2.30. The maximum Gasteiger partial charge on any atom is 0.228 e. The fourth-order valence-electron chi connectivity index (χ4n) is 5.55. The summed E-state index contributed by atoms with van der Waals surface area (Å²) in [5.41, 5.74) is 3.34. The van der Waals surface area contributed by atoms with Gasteiger partial charge in [0.2, 0.25) is 5.91 Å². The highest BCUT2D eigenvalue weighted by Crippen LogP contribution is 2.36. The van der Waals surface area contributed by atoms with Crippen molar-refractivity contribution in [3.63, 3.8) is 0 Å². The normalized spacial score (nSPS) is 15.8. The predicted molar refractivity (Wildman–Crippen MR) is 140 cm³/mol. The van der Waals surface area contributed by atoms with Gasteiger partial charge in [-0.1, -0.05) is 25.3 Å². The number of aromatic nitrogens is 4. The first-order chi connectivity index (χ1) is 17.2. The minimum Gasteiger partial charge on any atom is -0.329 e. The molecule has 1 saturated carbocycles. The molecule has 0 radical (unpaired) electrons. The molecule has 6 nitrogen and oxygen atoms in total. The Labute approximate surface area is 206 Å². The Morgan fingerprint density at radius 1 is 1.00 bits per heavy atom. The molecule has 2 unspecified atom stereocenters. The zero-order valence-electron chi connectivity index (χ0n) is 20.3. The molecule has 2 atom stereocenters. The molecule has 0 aromatic carbocycles. The number of pyridine rings is 3. The predicted octanol–water partition coefficient (Wildman–Crippen LogP) is 6.67. The fourth-order valence-corrected chi connectivity index (χ4v) is 5.55. The molecule has 6 heteroatoms. The molecule has 1 aliphatic rings. The van der Waals surface area contributed by atoms with E-state index in [0.717, 1.165) is 48.7 Å². The SMILES string of the molecule is CC(CCCC(C(=O)Nc1ccccn1)C1CCCC1)n1cc(-c2ccncc2)c2cccnc21. The van der Waals surface area contributed by atoms with E-state index in [-0.39, 0.29) is 17.9 Å². The average Bonchev–Trinajstić information content (AvgIpc) is 3.56. The summed E-state index contributed by atoms with van der Waals surface area (Å²) in [5, 5.41) is 4.22. The Morgan fingerprint density at radius 2 is 1.80 bits per heavy atom. The molecule has 0 spiro atoms. The monoisotopic (exact) mass is 467 g/mol. The van der Waals surface area contributed by atoms with E-state index in [1.807, 2.05) is 55.0 Å². The Morgan fingerprint density at radius 3 is 2.57 bits per heavy atom. The van der Waals surface area contributed by atoms with Gasteiger partial charge in [0.05, 0.1) is 0 Å². The Bertz CT molecular complexity index is 1250. The molecule has 0 bridgehead atoms. The van der Waals surface area contributed by atoms with Crippen LogP contribution in [0.15, 0.2) is 73.4 Å². The van der Waals surface area contributed by atoms with Gasteiger partial charge in [-0.3, -0.25) is 9.78 Å². The minimum absolute atomic E-state index is 0.0404. The first-order valence-electron chi connectivity index (χ1n) is 12.8. The van der Waals surface area contributed by atoms with Crippen molar-refractivity contribution in [1.29, 1.82) is 0 Å². The van der Waals surface area contributed by atoms with Crippen LogP contribution in [-0.2, 0) is 4.79 Å². The number of fused-ring (bicyclic) bond motifs is 1. The molecule has 180 valence electrons. The fraction of sp³-hybridized carbons (Fsp3) is 0.379. The molecular weight excluding hydrogens is 434 g/mol. The van der Waals surface area contributed by atoms with Crippen molar-refractivity contribution in [3.8, 4) is 11.1 Å². The summed E-state index contributed by atoms with van der Waals surface area (Å²) in [6, 6.07) is 14.1. The van der Waals surface area contributed by atoms with Crippen molar-refractivity contribution in [3.05, 3.63) is 73.4 Å². The van der Waals surface area contributed by atoms with Crippen LogP contribution in [0.1, 0.15) is 57.9 Å². The standard InChI is InChI=1S/C29H33N5O/c1-21(34-20-26(23-14-18-30-19-15-23)25-12-7-17-32-28(25)34)8-6-11-24(22-9-2-3-10-22)29(35)33-27-13-4-5-16-31-27/h4-5,7,12-22,24H,2-3,6,8-11H2,1H3,(H,31,33,35). The summed E-state index contributed by atoms with van der Waals surface area (Å²) in [6.45, 7) is 2.25. The van der Waals surface area contributed by atoms with Gasteiger partial charge in [0.1, 0.15) is 11.5 Å². The minimum atomic E-state index is 0.0404. The van der Waals surface area contributed by atoms with Crippen LogP contribution in [0.2, 0.25) is 0 Å². The van der Waals surface area contributed by atoms with Crippen LogP contribution in [0.5, 0.6) is 0 Å². The molecule has 0 aliphatic heterocycles. The topological polar surface area (TPSA) is 72.7 Å². The van der Waals surface area contributed by atoms with Crippen molar-refractivity contribution < 1.29 is 4.79 Å². The van der Waals surface area contributed by atoms with Gasteiger partial charge >= 0.3 is 0 Å². The molecule has 35 heavy (non-hydrogen) atoms. The Balaban J connectivity index is 1.29. The molecule has 5 rings (SSSR count). The van der Waals surface area contributed by atoms with Crippen molar-refractivity contribution >= 4 is 22.8 Å². The van der Waals surface area contributed by atoms with E-state index in [0.29, 0.717) is 11.7 Å². The molecule has 1 amide bonds. The van der Waals surface area contributed by atoms with Crippen LogP contribution >= 0.6 is 0 Å². The van der Waals surface area contributed by atoms with E-state index in [4.69, 9.17) is 4.98 Å². The number of hydrogen-bond acceptors (Lipinski definition) is 4. The van der Waals surface area contributed by atoms with Gasteiger partial charge in [0.15, 0.2) is 0 Å². The molecule has 4 aromatic rings. The summed E-state index contributed by atoms with van der Waals surface area (Å²) in [5.74, 6) is 1.28. The zero-order valence-corrected chi connectivity index (χ0v) is 20.3. The number of rotatable bonds is 9. The van der Waals surface area contributed by atoms with Gasteiger partial charge in [-0.25, -0.2) is 9.97 Å². The lowest BCUT2D eigenvalue weighted by Crippen LogP contribution is -2.28. The second kappa shape index (κ2) is 10.8. The summed E-state index contributed by atoms with van der Waals surface area (Å²) in [6.07, 6.45) is 17.1. The molecule has 4 aromatic heterocycles. The second-order valence-corrected chi connectivity index (χ2v) is 9.70. The number of carbonyl (C=O) groups is 1. The largest absolute Gasteiger partial charge is 0.329 e. The number of amides is 1. The average molecular weight is 468 g/mol. The summed E-state index contributed by atoms with van der Waals surface area (Å²) in [7, 11) is 0. The molecule has 4 heterocycles. The third kappa shape index (κ3) is 5.26. The van der Waals surface area contributed by atoms with Crippen molar-refractivity contribution in [2.45, 2.75) is 57.9 Å². The van der Waals surface area contributed by atoms with E-state index in [2.05, 4.69) is 39.0 Å². The lowest BCUT2D eigenvalue weighted by molar-refractivity contribution is -0.121. The third-order valence-electron chi connectivity index (χ3n) is 7.41. The lowest BCUT2D eigenvalue weighted by Gasteiger charge is -2.23. The van der Waals surface area contributed by atoms with E-state index < -0.39 is 0 Å². The van der Waals surface area contributed by atoms with Gasteiger partial charge < -0.3 is 9.88 Å². The van der Waals surface area contributed by atoms with Crippen LogP contribution in [-0.4, -0.2) is 25.4 Å². The number of nitrogens with one attached hydrogen (secondary N) is 1. The highest BCUT2D eigenvalue weighted by atomic mass is 16.2.